The summed E-state index contributed by atoms with van der Waals surface area (Å²) >= 11 is 0. The van der Waals surface area contributed by atoms with Crippen LogP contribution in [-0.4, -0.2) is 0 Å². The van der Waals surface area contributed by atoms with Gasteiger partial charge in [-0.25, -0.2) is 0 Å². The Labute approximate surface area is 73.6 Å². The van der Waals surface area contributed by atoms with Gasteiger partial charge in [0, 0.05) is 10.8 Å². The van der Waals surface area contributed by atoms with Crippen molar-refractivity contribution in [2.75, 3.05) is 0 Å². The van der Waals surface area contributed by atoms with Crippen LogP contribution in [0.1, 0.15) is 25.0 Å². The van der Waals surface area contributed by atoms with Crippen LogP contribution in [0.5, 0.6) is 0 Å². The maximum atomic E-state index is 6.00. The number of hydrogen-bond donors (Lipinski definition) is 0. The Balaban J connectivity index is 0.000000561. The Morgan fingerprint density at radius 1 is 0.917 bits per heavy atom. The average Bonchev–Trinajstić information content (AvgIpc) is 2.20. The summed E-state index contributed by atoms with van der Waals surface area (Å²) in [4.78, 5) is 0. The summed E-state index contributed by atoms with van der Waals surface area (Å²) in [6.45, 7) is 4.41. The summed E-state index contributed by atoms with van der Waals surface area (Å²) < 4.78 is 0. The monoisotopic (exact) mass is 162 g/mol. The zero-order valence-corrected chi connectivity index (χ0v) is 7.62. The molecule has 0 radical (unpaired) electrons. The third-order valence-electron chi connectivity index (χ3n) is 1.88. The van der Waals surface area contributed by atoms with E-state index in [1.54, 1.807) is 0 Å². The minimum atomic E-state index is 1.16. The Morgan fingerprint density at radius 3 is 1.50 bits per heavy atom. The minimum Gasteiger partial charge on any atom is -0.0620 e. The predicted octanol–water partition coefficient (Wildman–Crippen LogP) is 2.84. The van der Waals surface area contributed by atoms with E-state index in [0.717, 1.165) is 12.8 Å². The highest BCUT2D eigenvalue weighted by Crippen LogP contribution is 2.08. The lowest BCUT2D eigenvalue weighted by atomic mass is 10.0. The molecule has 0 heterocycles. The number of nitrogens with zero attached hydrogens (tertiary/aromatic N) is 2. The molecule has 0 N–H and O–H groups in total. The van der Waals surface area contributed by atoms with Gasteiger partial charge < -0.3 is 0 Å². The Hall–Kier alpha value is -1.36. The SMILES string of the molecule is CCc1ccccc1CC.N#N. The van der Waals surface area contributed by atoms with Gasteiger partial charge in [-0.1, -0.05) is 38.1 Å². The van der Waals surface area contributed by atoms with Gasteiger partial charge in [0.25, 0.3) is 0 Å². The van der Waals surface area contributed by atoms with Gasteiger partial charge in [-0.3, -0.25) is 0 Å². The highest BCUT2D eigenvalue weighted by molar-refractivity contribution is 5.26. The molecule has 0 amide bonds. The second kappa shape index (κ2) is 6.36. The average molecular weight is 162 g/mol. The van der Waals surface area contributed by atoms with Crippen molar-refractivity contribution < 1.29 is 0 Å². The topological polar surface area (TPSA) is 47.6 Å². The third-order valence-corrected chi connectivity index (χ3v) is 1.88. The van der Waals surface area contributed by atoms with Crippen molar-refractivity contribution in [1.29, 1.82) is 10.8 Å². The van der Waals surface area contributed by atoms with Crippen LogP contribution in [0.25, 0.3) is 0 Å². The van der Waals surface area contributed by atoms with Crippen LogP contribution in [0.4, 0.5) is 0 Å². The van der Waals surface area contributed by atoms with Crippen LogP contribution in [0.2, 0.25) is 0 Å². The minimum absolute atomic E-state index is 1.16. The van der Waals surface area contributed by atoms with E-state index in [0.29, 0.717) is 0 Å². The molecule has 0 aliphatic heterocycles. The normalized spacial score (nSPS) is 8.33. The first-order valence-corrected chi connectivity index (χ1v) is 4.15. The molecule has 0 aliphatic carbocycles. The number of benzene rings is 1. The number of hydrogen-bond acceptors (Lipinski definition) is 2. The molecule has 0 aliphatic rings. The lowest BCUT2D eigenvalue weighted by Crippen LogP contribution is -1.88. The van der Waals surface area contributed by atoms with Gasteiger partial charge in [0.1, 0.15) is 0 Å². The number of aryl methyl sites for hydroxylation is 2. The van der Waals surface area contributed by atoms with Crippen LogP contribution in [0, 0.1) is 10.8 Å². The first-order valence-electron chi connectivity index (χ1n) is 4.15. The van der Waals surface area contributed by atoms with E-state index < -0.39 is 0 Å². The molecule has 0 spiro atoms. The zero-order chi connectivity index (χ0) is 9.40. The van der Waals surface area contributed by atoms with Gasteiger partial charge in [-0.2, -0.15) is 0 Å². The number of rotatable bonds is 2. The first kappa shape index (κ1) is 10.6. The molecule has 1 aromatic rings. The van der Waals surface area contributed by atoms with Crippen LogP contribution in [0.3, 0.4) is 0 Å². The zero-order valence-electron chi connectivity index (χ0n) is 7.62. The van der Waals surface area contributed by atoms with Gasteiger partial charge >= 0.3 is 0 Å². The molecule has 0 saturated heterocycles. The van der Waals surface area contributed by atoms with E-state index >= 15 is 0 Å². The molecular formula is C10H14N2. The fraction of sp³-hybridized carbons (Fsp3) is 0.400. The van der Waals surface area contributed by atoms with E-state index in [2.05, 4.69) is 38.1 Å². The molecule has 64 valence electrons. The third kappa shape index (κ3) is 2.71. The molecule has 0 unspecified atom stereocenters. The molecule has 2 heteroatoms. The lowest BCUT2D eigenvalue weighted by Gasteiger charge is -2.02. The van der Waals surface area contributed by atoms with Gasteiger partial charge in [-0.15, -0.1) is 0 Å². The molecule has 0 bridgehead atoms. The van der Waals surface area contributed by atoms with Crippen molar-refractivity contribution in [3.63, 3.8) is 0 Å². The van der Waals surface area contributed by atoms with Crippen LogP contribution >= 0.6 is 0 Å². The van der Waals surface area contributed by atoms with Gasteiger partial charge in [0.05, 0.1) is 0 Å². The van der Waals surface area contributed by atoms with E-state index in [-0.39, 0.29) is 0 Å². The summed E-state index contributed by atoms with van der Waals surface area (Å²) in [7, 11) is 0. The van der Waals surface area contributed by atoms with E-state index in [4.69, 9.17) is 10.8 Å². The molecular weight excluding hydrogens is 148 g/mol. The summed E-state index contributed by atoms with van der Waals surface area (Å²) in [6.07, 6.45) is 2.31. The van der Waals surface area contributed by atoms with Gasteiger partial charge in [-0.05, 0) is 24.0 Å². The molecule has 0 fully saturated rings. The van der Waals surface area contributed by atoms with Crippen molar-refractivity contribution in [1.82, 2.24) is 0 Å². The van der Waals surface area contributed by atoms with Crippen LogP contribution in [-0.2, 0) is 12.8 Å². The largest absolute Gasteiger partial charge is 0.0620 e. The van der Waals surface area contributed by atoms with Crippen molar-refractivity contribution in [3.8, 4) is 0 Å². The molecule has 0 atom stereocenters. The molecule has 0 saturated carbocycles. The highest BCUT2D eigenvalue weighted by Gasteiger charge is 1.93. The van der Waals surface area contributed by atoms with Crippen molar-refractivity contribution in [2.24, 2.45) is 0 Å². The summed E-state index contributed by atoms with van der Waals surface area (Å²) in [6, 6.07) is 8.63. The molecule has 1 rings (SSSR count). The van der Waals surface area contributed by atoms with E-state index in [1.165, 1.54) is 11.1 Å². The van der Waals surface area contributed by atoms with Gasteiger partial charge in [0.2, 0.25) is 0 Å². The Kier molecular flexibility index (Phi) is 5.64. The highest BCUT2D eigenvalue weighted by atomic mass is 14.6. The molecule has 1 aromatic carbocycles. The standard InChI is InChI=1S/C10H14.N2/c1-3-9-7-5-6-8-10(9)4-2;1-2/h5-8H,3-4H2,1-2H3;. The Morgan fingerprint density at radius 2 is 1.25 bits per heavy atom. The second-order valence-electron chi connectivity index (χ2n) is 2.48. The smallest absolute Gasteiger partial charge is 0 e. The second-order valence-corrected chi connectivity index (χ2v) is 2.48. The maximum Gasteiger partial charge on any atom is 0 e. The molecule has 0 aromatic heterocycles. The molecule has 12 heavy (non-hydrogen) atoms. The summed E-state index contributed by atoms with van der Waals surface area (Å²) in [5.41, 5.74) is 2.98. The van der Waals surface area contributed by atoms with E-state index in [9.17, 15) is 0 Å². The van der Waals surface area contributed by atoms with Crippen molar-refractivity contribution in [3.05, 3.63) is 35.4 Å². The summed E-state index contributed by atoms with van der Waals surface area (Å²) in [5.74, 6) is 0. The van der Waals surface area contributed by atoms with Crippen molar-refractivity contribution >= 4 is 0 Å². The van der Waals surface area contributed by atoms with E-state index in [1.807, 2.05) is 0 Å². The van der Waals surface area contributed by atoms with Gasteiger partial charge in [0.15, 0.2) is 0 Å². The maximum absolute atomic E-state index is 6.00. The van der Waals surface area contributed by atoms with Crippen LogP contribution < -0.4 is 0 Å². The lowest BCUT2D eigenvalue weighted by molar-refractivity contribution is 1.04. The predicted molar refractivity (Wildman–Crippen MR) is 48.6 cm³/mol. The van der Waals surface area contributed by atoms with Crippen LogP contribution in [0.15, 0.2) is 24.3 Å². The first-order chi connectivity index (χ1) is 5.88. The quantitative estimate of drug-likeness (QED) is 0.628. The molecule has 2 nitrogen and oxygen atoms in total. The van der Waals surface area contributed by atoms with Crippen molar-refractivity contribution in [2.45, 2.75) is 26.7 Å². The fourth-order valence-corrected chi connectivity index (χ4v) is 1.25. The fourth-order valence-electron chi connectivity index (χ4n) is 1.25. The Bertz CT molecular complexity index is 218. The summed E-state index contributed by atoms with van der Waals surface area (Å²) in [5, 5.41) is 12.0.